The van der Waals surface area contributed by atoms with Crippen molar-refractivity contribution < 1.29 is 4.74 Å². The molecule has 1 heterocycles. The maximum atomic E-state index is 5.75. The molecule has 27 heavy (non-hydrogen) atoms. The highest BCUT2D eigenvalue weighted by atomic mass is 16.5. The number of ether oxygens (including phenoxy) is 1. The second-order valence-corrected chi connectivity index (χ2v) is 7.20. The lowest BCUT2D eigenvalue weighted by Gasteiger charge is -2.32. The smallest absolute Gasteiger partial charge is 0.191 e. The van der Waals surface area contributed by atoms with Gasteiger partial charge in [-0.05, 0) is 52.4 Å². The highest BCUT2D eigenvalue weighted by Crippen LogP contribution is 2.10. The predicted molar refractivity (Wildman–Crippen MR) is 114 cm³/mol. The van der Waals surface area contributed by atoms with Crippen LogP contribution in [-0.4, -0.2) is 81.8 Å². The number of likely N-dealkylation sites (N-methyl/N-ethyl adjacent to an activating group) is 1. The fourth-order valence-electron chi connectivity index (χ4n) is 3.02. The molecule has 0 aliphatic carbocycles. The van der Waals surface area contributed by atoms with E-state index in [1.165, 1.54) is 44.7 Å². The van der Waals surface area contributed by atoms with E-state index in [0.29, 0.717) is 6.61 Å². The maximum Gasteiger partial charge on any atom is 0.191 e. The molecule has 1 aromatic carbocycles. The van der Waals surface area contributed by atoms with Gasteiger partial charge in [-0.25, -0.2) is 0 Å². The number of rotatable bonds is 10. The van der Waals surface area contributed by atoms with Crippen LogP contribution in [-0.2, 0) is 0 Å². The second kappa shape index (κ2) is 12.6. The number of hydrogen-bond donors (Lipinski definition) is 2. The first-order valence-electron chi connectivity index (χ1n) is 10.3. The number of aryl methyl sites for hydroxylation is 1. The molecular formula is C21H37N5O. The van der Waals surface area contributed by atoms with Gasteiger partial charge >= 0.3 is 0 Å². The molecule has 0 spiro atoms. The number of hydrogen-bond acceptors (Lipinski definition) is 4. The highest BCUT2D eigenvalue weighted by molar-refractivity contribution is 5.79. The summed E-state index contributed by atoms with van der Waals surface area (Å²) >= 11 is 0. The Hall–Kier alpha value is -1.79. The van der Waals surface area contributed by atoms with Gasteiger partial charge in [-0.2, -0.15) is 0 Å². The molecule has 0 radical (unpaired) electrons. The maximum absolute atomic E-state index is 5.75. The Balaban J connectivity index is 1.58. The van der Waals surface area contributed by atoms with Gasteiger partial charge in [0.25, 0.3) is 0 Å². The largest absolute Gasteiger partial charge is 0.492 e. The Kier molecular flexibility index (Phi) is 10.0. The number of benzene rings is 1. The summed E-state index contributed by atoms with van der Waals surface area (Å²) in [6.07, 6.45) is 2.34. The van der Waals surface area contributed by atoms with Gasteiger partial charge in [-0.3, -0.25) is 4.99 Å². The van der Waals surface area contributed by atoms with E-state index in [1.807, 2.05) is 12.1 Å². The van der Waals surface area contributed by atoms with Crippen LogP contribution in [0.4, 0.5) is 0 Å². The van der Waals surface area contributed by atoms with Crippen molar-refractivity contribution in [3.05, 3.63) is 29.8 Å². The van der Waals surface area contributed by atoms with Crippen molar-refractivity contribution in [1.29, 1.82) is 0 Å². The van der Waals surface area contributed by atoms with Crippen LogP contribution in [0.1, 0.15) is 25.3 Å². The van der Waals surface area contributed by atoms with Gasteiger partial charge in [0.05, 0.1) is 6.54 Å². The summed E-state index contributed by atoms with van der Waals surface area (Å²) in [5.41, 5.74) is 1.25. The van der Waals surface area contributed by atoms with Gasteiger partial charge in [0.15, 0.2) is 5.96 Å². The average Bonchev–Trinajstić information content (AvgIpc) is 2.67. The minimum absolute atomic E-state index is 0.622. The highest BCUT2D eigenvalue weighted by Gasteiger charge is 2.12. The normalized spacial score (nSPS) is 16.3. The first-order chi connectivity index (χ1) is 13.2. The number of nitrogens with zero attached hydrogens (tertiary/aromatic N) is 3. The van der Waals surface area contributed by atoms with Crippen LogP contribution in [0.3, 0.4) is 0 Å². The average molecular weight is 376 g/mol. The molecule has 6 nitrogen and oxygen atoms in total. The molecule has 1 fully saturated rings. The van der Waals surface area contributed by atoms with Crippen LogP contribution in [0.25, 0.3) is 0 Å². The first kappa shape index (κ1) is 21.5. The summed E-state index contributed by atoms with van der Waals surface area (Å²) in [6, 6.07) is 8.15. The van der Waals surface area contributed by atoms with Crippen molar-refractivity contribution >= 4 is 5.96 Å². The van der Waals surface area contributed by atoms with E-state index in [0.717, 1.165) is 37.8 Å². The predicted octanol–water partition coefficient (Wildman–Crippen LogP) is 1.96. The fourth-order valence-corrected chi connectivity index (χ4v) is 3.02. The summed E-state index contributed by atoms with van der Waals surface area (Å²) in [6.45, 7) is 13.2. The second-order valence-electron chi connectivity index (χ2n) is 7.20. The molecule has 0 atom stereocenters. The number of piperazine rings is 1. The minimum Gasteiger partial charge on any atom is -0.492 e. The number of aliphatic imine (C=N–C) groups is 1. The van der Waals surface area contributed by atoms with Crippen molar-refractivity contribution in [2.45, 2.75) is 26.7 Å². The molecule has 152 valence electrons. The first-order valence-corrected chi connectivity index (χ1v) is 10.3. The Morgan fingerprint density at radius 1 is 1.07 bits per heavy atom. The molecule has 0 saturated carbocycles. The van der Waals surface area contributed by atoms with Crippen molar-refractivity contribution in [3.8, 4) is 5.75 Å². The lowest BCUT2D eigenvalue weighted by molar-refractivity contribution is 0.152. The summed E-state index contributed by atoms with van der Waals surface area (Å²) in [4.78, 5) is 9.64. The number of nitrogens with one attached hydrogen (secondary N) is 2. The molecule has 0 aromatic heterocycles. The van der Waals surface area contributed by atoms with Crippen molar-refractivity contribution in [1.82, 2.24) is 20.4 Å². The zero-order valence-corrected chi connectivity index (χ0v) is 17.3. The van der Waals surface area contributed by atoms with Gasteiger partial charge < -0.3 is 25.2 Å². The molecule has 2 rings (SSSR count). The summed E-state index contributed by atoms with van der Waals surface area (Å²) < 4.78 is 5.75. The summed E-state index contributed by atoms with van der Waals surface area (Å²) in [5.74, 6) is 1.79. The van der Waals surface area contributed by atoms with Crippen LogP contribution in [0.2, 0.25) is 0 Å². The van der Waals surface area contributed by atoms with E-state index < -0.39 is 0 Å². The van der Waals surface area contributed by atoms with Gasteiger partial charge in [-0.1, -0.05) is 17.7 Å². The third-order valence-corrected chi connectivity index (χ3v) is 4.78. The lowest BCUT2D eigenvalue weighted by atomic mass is 10.2. The number of guanidine groups is 1. The lowest BCUT2D eigenvalue weighted by Crippen LogP contribution is -2.44. The van der Waals surface area contributed by atoms with Crippen LogP contribution in [0.5, 0.6) is 5.75 Å². The summed E-state index contributed by atoms with van der Waals surface area (Å²) in [5, 5.41) is 6.65. The molecule has 0 bridgehead atoms. The Morgan fingerprint density at radius 2 is 1.81 bits per heavy atom. The third-order valence-electron chi connectivity index (χ3n) is 4.78. The molecule has 6 heteroatoms. The fraction of sp³-hybridized carbons (Fsp3) is 0.667. The van der Waals surface area contributed by atoms with E-state index in [-0.39, 0.29) is 0 Å². The van der Waals surface area contributed by atoms with Crippen LogP contribution in [0, 0.1) is 6.92 Å². The molecule has 1 aliphatic rings. The molecular weight excluding hydrogens is 338 g/mol. The molecule has 0 amide bonds. The molecule has 1 aromatic rings. The standard InChI is InChI=1S/C21H37N5O/c1-4-22-21(24-12-18-27-20-9-7-19(2)8-10-20)23-11-5-6-13-26-16-14-25(3)15-17-26/h7-10H,4-6,11-18H2,1-3H3,(H2,22,23,24). The Bertz CT molecular complexity index is 538. The van der Waals surface area contributed by atoms with Crippen LogP contribution < -0.4 is 15.4 Å². The van der Waals surface area contributed by atoms with E-state index in [9.17, 15) is 0 Å². The zero-order chi connectivity index (χ0) is 19.3. The molecule has 1 saturated heterocycles. The van der Waals surface area contributed by atoms with Crippen LogP contribution in [0.15, 0.2) is 29.3 Å². The zero-order valence-electron chi connectivity index (χ0n) is 17.3. The Morgan fingerprint density at radius 3 is 2.52 bits per heavy atom. The monoisotopic (exact) mass is 375 g/mol. The number of unbranched alkanes of at least 4 members (excludes halogenated alkanes) is 1. The SMILES string of the molecule is CCNC(=NCCCCN1CCN(C)CC1)NCCOc1ccc(C)cc1. The van der Waals surface area contributed by atoms with Crippen molar-refractivity contribution in [2.24, 2.45) is 4.99 Å². The topological polar surface area (TPSA) is 52.1 Å². The molecule has 1 aliphatic heterocycles. The summed E-state index contributed by atoms with van der Waals surface area (Å²) in [7, 11) is 2.20. The van der Waals surface area contributed by atoms with Gasteiger partial charge in [0, 0.05) is 39.3 Å². The molecule has 0 unspecified atom stereocenters. The third kappa shape index (κ3) is 9.11. The molecule has 2 N–H and O–H groups in total. The quantitative estimate of drug-likeness (QED) is 0.372. The van der Waals surface area contributed by atoms with E-state index in [2.05, 4.69) is 58.5 Å². The van der Waals surface area contributed by atoms with E-state index in [4.69, 9.17) is 4.74 Å². The van der Waals surface area contributed by atoms with E-state index in [1.54, 1.807) is 0 Å². The van der Waals surface area contributed by atoms with Gasteiger partial charge in [-0.15, -0.1) is 0 Å². The van der Waals surface area contributed by atoms with Crippen LogP contribution >= 0.6 is 0 Å². The van der Waals surface area contributed by atoms with Gasteiger partial charge in [0.1, 0.15) is 12.4 Å². The Labute approximate surface area is 165 Å². The van der Waals surface area contributed by atoms with Gasteiger partial charge in [0.2, 0.25) is 0 Å². The van der Waals surface area contributed by atoms with Crippen molar-refractivity contribution in [2.75, 3.05) is 66.0 Å². The van der Waals surface area contributed by atoms with E-state index >= 15 is 0 Å². The van der Waals surface area contributed by atoms with Crippen molar-refractivity contribution in [3.63, 3.8) is 0 Å². The minimum atomic E-state index is 0.622.